The molecule has 0 saturated heterocycles. The van der Waals surface area contributed by atoms with E-state index < -0.39 is 0 Å². The number of carbonyl (C=O) groups excluding carboxylic acids is 2. The van der Waals surface area contributed by atoms with Crippen LogP contribution in [0.3, 0.4) is 0 Å². The van der Waals surface area contributed by atoms with Crippen molar-refractivity contribution in [1.29, 1.82) is 0 Å². The molecule has 5 nitrogen and oxygen atoms in total. The Morgan fingerprint density at radius 2 is 2.09 bits per heavy atom. The minimum atomic E-state index is -0.291. The van der Waals surface area contributed by atoms with Crippen LogP contribution in [-0.4, -0.2) is 18.5 Å². The Balaban J connectivity index is 2.08. The largest absolute Gasteiger partial charge is 0.466 e. The number of esters is 1. The summed E-state index contributed by atoms with van der Waals surface area (Å²) < 4.78 is 10.7. The summed E-state index contributed by atoms with van der Waals surface area (Å²) >= 11 is 3.19. The Hall–Kier alpha value is -2.08. The Labute approximate surface area is 136 Å². The lowest BCUT2D eigenvalue weighted by Gasteiger charge is -2.07. The molecule has 1 aromatic carbocycles. The zero-order chi connectivity index (χ0) is 16.1. The van der Waals surface area contributed by atoms with Gasteiger partial charge in [0.25, 0.3) is 5.91 Å². The maximum atomic E-state index is 12.2. The van der Waals surface area contributed by atoms with E-state index in [0.717, 1.165) is 5.56 Å². The van der Waals surface area contributed by atoms with E-state index in [0.29, 0.717) is 28.3 Å². The number of carbonyl (C=O) groups is 2. The molecule has 1 N–H and O–H groups in total. The average molecular weight is 366 g/mol. The van der Waals surface area contributed by atoms with Crippen LogP contribution in [0.2, 0.25) is 0 Å². The number of ether oxygens (including phenoxy) is 1. The number of rotatable bonds is 5. The van der Waals surface area contributed by atoms with Crippen LogP contribution in [0.1, 0.15) is 28.6 Å². The van der Waals surface area contributed by atoms with Crippen molar-refractivity contribution in [1.82, 2.24) is 0 Å². The van der Waals surface area contributed by atoms with Crippen LogP contribution in [0, 0.1) is 6.92 Å². The molecule has 0 aliphatic rings. The van der Waals surface area contributed by atoms with Gasteiger partial charge in [-0.15, -0.1) is 0 Å². The van der Waals surface area contributed by atoms with Gasteiger partial charge < -0.3 is 14.5 Å². The molecule has 6 heteroatoms. The quantitative estimate of drug-likeness (QED) is 0.820. The van der Waals surface area contributed by atoms with Gasteiger partial charge >= 0.3 is 5.97 Å². The molecule has 0 radical (unpaired) electrons. The van der Waals surface area contributed by atoms with Gasteiger partial charge in [0.05, 0.1) is 18.6 Å². The molecule has 0 aliphatic heterocycles. The van der Waals surface area contributed by atoms with Gasteiger partial charge in [0.2, 0.25) is 0 Å². The van der Waals surface area contributed by atoms with Gasteiger partial charge in [0.1, 0.15) is 5.76 Å². The van der Waals surface area contributed by atoms with Gasteiger partial charge in [-0.25, -0.2) is 0 Å². The molecule has 0 fully saturated rings. The Morgan fingerprint density at radius 3 is 2.73 bits per heavy atom. The smallest absolute Gasteiger partial charge is 0.310 e. The zero-order valence-electron chi connectivity index (χ0n) is 12.3. The lowest BCUT2D eigenvalue weighted by atomic mass is 10.1. The van der Waals surface area contributed by atoms with E-state index >= 15 is 0 Å². The second-order valence-electron chi connectivity index (χ2n) is 4.66. The van der Waals surface area contributed by atoms with Crippen LogP contribution in [0.15, 0.2) is 39.4 Å². The lowest BCUT2D eigenvalue weighted by Crippen LogP contribution is -2.13. The molecule has 0 unspecified atom stereocenters. The fourth-order valence-corrected chi connectivity index (χ4v) is 2.48. The monoisotopic (exact) mass is 365 g/mol. The number of nitrogens with one attached hydrogen (secondary N) is 1. The minimum absolute atomic E-state index is 0.174. The van der Waals surface area contributed by atoms with E-state index in [4.69, 9.17) is 9.15 Å². The maximum absolute atomic E-state index is 12.2. The summed E-state index contributed by atoms with van der Waals surface area (Å²) in [6, 6.07) is 8.72. The molecule has 0 spiro atoms. The molecule has 2 aromatic rings. The van der Waals surface area contributed by atoms with E-state index in [1.54, 1.807) is 38.1 Å². The highest BCUT2D eigenvalue weighted by molar-refractivity contribution is 9.10. The van der Waals surface area contributed by atoms with Crippen LogP contribution in [-0.2, 0) is 16.0 Å². The molecule has 0 saturated carbocycles. The molecule has 22 heavy (non-hydrogen) atoms. The highest BCUT2D eigenvalue weighted by atomic mass is 79.9. The number of hydrogen-bond donors (Lipinski definition) is 1. The number of furan rings is 1. The van der Waals surface area contributed by atoms with Crippen LogP contribution in [0.5, 0.6) is 0 Å². The number of benzene rings is 1. The van der Waals surface area contributed by atoms with E-state index in [1.165, 1.54) is 0 Å². The Bertz CT molecular complexity index is 693. The summed E-state index contributed by atoms with van der Waals surface area (Å²) in [7, 11) is 0. The maximum Gasteiger partial charge on any atom is 0.310 e. The summed E-state index contributed by atoms with van der Waals surface area (Å²) in [6.07, 6.45) is 0.174. The van der Waals surface area contributed by atoms with Gasteiger partial charge in [-0.1, -0.05) is 12.1 Å². The molecule has 1 aromatic heterocycles. The Morgan fingerprint density at radius 1 is 1.32 bits per heavy atom. The normalized spacial score (nSPS) is 10.3. The van der Waals surface area contributed by atoms with Gasteiger partial charge in [-0.2, -0.15) is 0 Å². The number of aryl methyl sites for hydroxylation is 1. The summed E-state index contributed by atoms with van der Waals surface area (Å²) in [5.74, 6) is -0.0205. The van der Waals surface area contributed by atoms with Gasteiger partial charge in [0.15, 0.2) is 4.67 Å². The van der Waals surface area contributed by atoms with Crippen LogP contribution >= 0.6 is 15.9 Å². The molecule has 0 atom stereocenters. The van der Waals surface area contributed by atoms with Gasteiger partial charge in [0, 0.05) is 11.8 Å². The van der Waals surface area contributed by atoms with Crippen molar-refractivity contribution in [2.45, 2.75) is 20.3 Å². The number of halogens is 1. The standard InChI is InChI=1S/C16H16BrNO4/c1-3-21-15(19)8-11-5-4-6-12(7-11)18-16(20)13-9-14(17)22-10(13)2/h4-7,9H,3,8H2,1-2H3,(H,18,20). The van der Waals surface area contributed by atoms with Crippen molar-refractivity contribution >= 4 is 33.5 Å². The average Bonchev–Trinajstić information content (AvgIpc) is 2.78. The first-order valence-electron chi connectivity index (χ1n) is 6.81. The summed E-state index contributed by atoms with van der Waals surface area (Å²) in [5, 5.41) is 2.79. The van der Waals surface area contributed by atoms with Gasteiger partial charge in [-0.05, 0) is 47.5 Å². The van der Waals surface area contributed by atoms with Crippen molar-refractivity contribution in [2.75, 3.05) is 11.9 Å². The van der Waals surface area contributed by atoms with Crippen molar-refractivity contribution in [3.8, 4) is 0 Å². The molecule has 0 bridgehead atoms. The molecule has 1 heterocycles. The van der Waals surface area contributed by atoms with Crippen molar-refractivity contribution in [2.24, 2.45) is 0 Å². The zero-order valence-corrected chi connectivity index (χ0v) is 13.9. The van der Waals surface area contributed by atoms with Crippen LogP contribution in [0.4, 0.5) is 5.69 Å². The number of anilines is 1. The predicted molar refractivity (Wildman–Crippen MR) is 85.9 cm³/mol. The molecular formula is C16H16BrNO4. The first-order valence-corrected chi connectivity index (χ1v) is 7.60. The number of amides is 1. The lowest BCUT2D eigenvalue weighted by molar-refractivity contribution is -0.142. The number of hydrogen-bond acceptors (Lipinski definition) is 4. The SMILES string of the molecule is CCOC(=O)Cc1cccc(NC(=O)c2cc(Br)oc2C)c1. The third kappa shape index (κ3) is 4.21. The van der Waals surface area contributed by atoms with Crippen molar-refractivity contribution in [3.63, 3.8) is 0 Å². The summed E-state index contributed by atoms with van der Waals surface area (Å²) in [4.78, 5) is 23.7. The molecule has 116 valence electrons. The second kappa shape index (κ2) is 7.26. The summed E-state index contributed by atoms with van der Waals surface area (Å²) in [5.41, 5.74) is 1.85. The Kier molecular flexibility index (Phi) is 5.38. The predicted octanol–water partition coefficient (Wildman–Crippen LogP) is 3.71. The van der Waals surface area contributed by atoms with Crippen LogP contribution < -0.4 is 5.32 Å². The minimum Gasteiger partial charge on any atom is -0.466 e. The van der Waals surface area contributed by atoms with Gasteiger partial charge in [-0.3, -0.25) is 9.59 Å². The molecule has 1 amide bonds. The molecular weight excluding hydrogens is 350 g/mol. The topological polar surface area (TPSA) is 68.5 Å². The second-order valence-corrected chi connectivity index (χ2v) is 5.44. The first kappa shape index (κ1) is 16.3. The highest BCUT2D eigenvalue weighted by Crippen LogP contribution is 2.21. The first-order chi connectivity index (χ1) is 10.5. The van der Waals surface area contributed by atoms with Crippen molar-refractivity contribution in [3.05, 3.63) is 51.9 Å². The van der Waals surface area contributed by atoms with E-state index in [1.807, 2.05) is 6.07 Å². The third-order valence-corrected chi connectivity index (χ3v) is 3.36. The van der Waals surface area contributed by atoms with E-state index in [2.05, 4.69) is 21.2 Å². The fourth-order valence-electron chi connectivity index (χ4n) is 2.01. The third-order valence-electron chi connectivity index (χ3n) is 2.97. The van der Waals surface area contributed by atoms with E-state index in [-0.39, 0.29) is 18.3 Å². The summed E-state index contributed by atoms with van der Waals surface area (Å²) in [6.45, 7) is 3.83. The highest BCUT2D eigenvalue weighted by Gasteiger charge is 2.14. The van der Waals surface area contributed by atoms with E-state index in [9.17, 15) is 9.59 Å². The molecule has 0 aliphatic carbocycles. The fraction of sp³-hybridized carbons (Fsp3) is 0.250. The van der Waals surface area contributed by atoms with Crippen LogP contribution in [0.25, 0.3) is 0 Å². The van der Waals surface area contributed by atoms with Crippen molar-refractivity contribution < 1.29 is 18.7 Å². The molecule has 2 rings (SSSR count).